The Morgan fingerprint density at radius 3 is 2.18 bits per heavy atom. The van der Waals surface area contributed by atoms with Crippen LogP contribution in [-0.2, 0) is 58.4 Å². The smallest absolute Gasteiger partial charge is 0.346 e. The zero-order chi connectivity index (χ0) is 49.1. The van der Waals surface area contributed by atoms with E-state index in [4.69, 9.17) is 11.6 Å². The number of pyridine rings is 1. The van der Waals surface area contributed by atoms with Crippen molar-refractivity contribution in [3.63, 3.8) is 0 Å². The maximum atomic E-state index is 15.1. The van der Waals surface area contributed by atoms with Gasteiger partial charge in [0.1, 0.15) is 40.9 Å². The summed E-state index contributed by atoms with van der Waals surface area (Å²) in [4.78, 5) is 32.4. The van der Waals surface area contributed by atoms with Gasteiger partial charge in [0.2, 0.25) is 11.8 Å². The van der Waals surface area contributed by atoms with Crippen LogP contribution in [0.3, 0.4) is 0 Å². The van der Waals surface area contributed by atoms with Gasteiger partial charge in [0, 0.05) is 57.9 Å². The van der Waals surface area contributed by atoms with Crippen LogP contribution in [0.25, 0.3) is 22.0 Å². The summed E-state index contributed by atoms with van der Waals surface area (Å²) in [6.45, 7) is 4.97. The minimum atomic E-state index is -5.16. The lowest BCUT2D eigenvalue weighted by Crippen LogP contribution is -2.35. The van der Waals surface area contributed by atoms with E-state index < -0.39 is 118 Å². The quantitative estimate of drug-likeness (QED) is 0.0796. The van der Waals surface area contributed by atoms with E-state index in [2.05, 4.69) is 32.3 Å². The average molecular weight is 992 g/mol. The van der Waals surface area contributed by atoms with Gasteiger partial charge in [0.15, 0.2) is 11.5 Å². The van der Waals surface area contributed by atoms with E-state index in [0.717, 1.165) is 28.4 Å². The third kappa shape index (κ3) is 10.7. The number of amides is 2. The van der Waals surface area contributed by atoms with Gasteiger partial charge >= 0.3 is 12.4 Å². The highest BCUT2D eigenvalue weighted by molar-refractivity contribution is 8.00. The molecule has 2 aromatic carbocycles. The summed E-state index contributed by atoms with van der Waals surface area (Å²) in [7, 11) is -1.51. The molecule has 0 fully saturated rings. The van der Waals surface area contributed by atoms with Crippen molar-refractivity contribution >= 4 is 62.9 Å². The van der Waals surface area contributed by atoms with Crippen LogP contribution in [0.4, 0.5) is 49.7 Å². The predicted molar refractivity (Wildman–Crippen MR) is 230 cm³/mol. The number of aromatic nitrogens is 5. The van der Waals surface area contributed by atoms with Crippen LogP contribution in [0.5, 0.6) is 0 Å². The lowest BCUT2D eigenvalue weighted by Gasteiger charge is -2.26. The van der Waals surface area contributed by atoms with E-state index in [0.29, 0.717) is 10.7 Å². The number of hydrogen-bond donors (Lipinski definition) is 1. The van der Waals surface area contributed by atoms with Gasteiger partial charge in [-0.05, 0) is 80.5 Å². The Bertz CT molecular complexity index is 2800. The van der Waals surface area contributed by atoms with Crippen LogP contribution in [0, 0.1) is 28.9 Å². The normalized spacial score (nSPS) is 15.0. The van der Waals surface area contributed by atoms with Crippen molar-refractivity contribution < 1.29 is 57.7 Å². The van der Waals surface area contributed by atoms with Gasteiger partial charge < -0.3 is 5.32 Å². The van der Waals surface area contributed by atoms with Gasteiger partial charge in [-0.1, -0.05) is 44.4 Å². The van der Waals surface area contributed by atoms with Crippen LogP contribution >= 0.6 is 23.5 Å². The molecular weight excluding hydrogens is 952 g/mol. The molecule has 0 spiro atoms. The maximum Gasteiger partial charge on any atom is 0.435 e. The van der Waals surface area contributed by atoms with E-state index in [-0.39, 0.29) is 54.5 Å². The summed E-state index contributed by atoms with van der Waals surface area (Å²) in [6, 6.07) is 6.06. The number of nitrogens with zero attached hydrogens (tertiary/aromatic N) is 6. The zero-order valence-corrected chi connectivity index (χ0v) is 38.4. The average Bonchev–Trinajstić information content (AvgIpc) is 3.84. The van der Waals surface area contributed by atoms with Crippen molar-refractivity contribution in [3.8, 4) is 23.0 Å². The highest BCUT2D eigenvalue weighted by Gasteiger charge is 2.50. The van der Waals surface area contributed by atoms with E-state index in [1.807, 2.05) is 0 Å². The van der Waals surface area contributed by atoms with Crippen LogP contribution < -0.4 is 9.62 Å². The molecule has 6 rings (SSSR count). The number of alkyl halides is 8. The summed E-state index contributed by atoms with van der Waals surface area (Å²) in [5, 5.41) is 9.88. The molecule has 10 nitrogen and oxygen atoms in total. The van der Waals surface area contributed by atoms with E-state index in [9.17, 15) is 48.9 Å². The lowest BCUT2D eigenvalue weighted by atomic mass is 9.93. The molecule has 1 aliphatic rings. The van der Waals surface area contributed by atoms with Crippen molar-refractivity contribution in [2.75, 3.05) is 16.8 Å². The highest BCUT2D eigenvalue weighted by Crippen LogP contribution is 2.47. The first kappa shape index (κ1) is 50.3. The molecule has 23 heteroatoms. The van der Waals surface area contributed by atoms with Gasteiger partial charge in [-0.15, -0.1) is 0 Å². The molecule has 5 aromatic rings. The van der Waals surface area contributed by atoms with E-state index in [1.54, 1.807) is 34.6 Å². The summed E-state index contributed by atoms with van der Waals surface area (Å²) < 4.78 is 158. The fourth-order valence-electron chi connectivity index (χ4n) is 7.24. The lowest BCUT2D eigenvalue weighted by molar-refractivity contribution is -0.143. The summed E-state index contributed by atoms with van der Waals surface area (Å²) >= 11 is 7.58. The fraction of sp³-hybridized carbons (Fsp3) is 0.419. The van der Waals surface area contributed by atoms with Gasteiger partial charge in [-0.25, -0.2) is 18.1 Å². The molecule has 2 amide bonds. The Kier molecular flexibility index (Phi) is 13.8. The van der Waals surface area contributed by atoms with Gasteiger partial charge in [-0.3, -0.25) is 23.2 Å². The van der Waals surface area contributed by atoms with Crippen LogP contribution in [0.1, 0.15) is 81.0 Å². The number of benzene rings is 2. The number of fused-ring (bicyclic) bond motifs is 2. The second-order valence-electron chi connectivity index (χ2n) is 16.9. The van der Waals surface area contributed by atoms with Crippen molar-refractivity contribution in [2.45, 2.75) is 96.0 Å². The Morgan fingerprint density at radius 2 is 1.61 bits per heavy atom. The van der Waals surface area contributed by atoms with Crippen LogP contribution in [0.2, 0.25) is 5.02 Å². The molecule has 1 aliphatic carbocycles. The molecule has 2 unspecified atom stereocenters. The Morgan fingerprint density at radius 1 is 0.970 bits per heavy atom. The van der Waals surface area contributed by atoms with Crippen molar-refractivity contribution in [2.24, 2.45) is 5.41 Å². The molecule has 0 saturated carbocycles. The standard InChI is InChI=1S/C43H40ClF10N7O3S2/c1-39(2,3)38(63)61(65-6)37-32-29(44)11-10-27(34(32)60(58-37)21-42(49,50)51)26-9-8-25(12-14-40(4,5)66(7)64)55-33(26)30(18-22-16-23(45)19-24(46)17-22)56-31(62)20-59-36-28(13-15-41(36,47)48)35(57-59)43(52,53)54/h8-11,16-17,19,30H,13,15,18,20-21H2,1-7H3,(H,56,62). The molecule has 354 valence electrons. The third-order valence-corrected chi connectivity index (χ3v) is 13.0. The van der Waals surface area contributed by atoms with Crippen molar-refractivity contribution in [1.29, 1.82) is 0 Å². The number of carbonyl (C=O) groups is 2. The number of nitrogens with one attached hydrogen (secondary N) is 1. The Labute approximate surface area is 383 Å². The molecule has 1 N–H and O–H groups in total. The molecule has 3 aromatic heterocycles. The van der Waals surface area contributed by atoms with E-state index in [1.165, 1.54) is 36.8 Å². The molecule has 0 aliphatic heterocycles. The SMILES string of the molecule is CSN(C(=O)C(C)(C)C)c1nn(CC(F)(F)F)c2c(-c3ccc(C#CC(C)(C)S(C)=O)nc3C(Cc3cc(F)cc(F)c3)NC(=O)Cn3nc(C(F)(F)F)c4c3C(F)(F)CC4)ccc(Cl)c12. The van der Waals surface area contributed by atoms with Crippen LogP contribution in [0.15, 0.2) is 42.5 Å². The van der Waals surface area contributed by atoms with Crippen LogP contribution in [-0.4, -0.2) is 64.0 Å². The predicted octanol–water partition coefficient (Wildman–Crippen LogP) is 10.1. The number of carbonyl (C=O) groups excluding carboxylic acids is 2. The largest absolute Gasteiger partial charge is 0.435 e. The fourth-order valence-corrected chi connectivity index (χ4v) is 8.42. The van der Waals surface area contributed by atoms with Gasteiger partial charge in [0.25, 0.3) is 5.92 Å². The van der Waals surface area contributed by atoms with Gasteiger partial charge in [-0.2, -0.15) is 45.3 Å². The molecule has 0 saturated heterocycles. The Hall–Kier alpha value is -5.14. The number of hydrogen-bond acceptors (Lipinski definition) is 7. The molecule has 0 radical (unpaired) electrons. The first-order chi connectivity index (χ1) is 30.4. The topological polar surface area (TPSA) is 115 Å². The van der Waals surface area contributed by atoms with E-state index >= 15 is 8.78 Å². The maximum absolute atomic E-state index is 15.1. The molecule has 2 atom stereocenters. The third-order valence-electron chi connectivity index (χ3n) is 10.5. The second-order valence-corrected chi connectivity index (χ2v) is 20.0. The number of anilines is 1. The molecule has 0 bridgehead atoms. The first-order valence-corrected chi connectivity index (χ1v) is 22.9. The monoisotopic (exact) mass is 991 g/mol. The zero-order valence-electron chi connectivity index (χ0n) is 36.0. The second kappa shape index (κ2) is 18.2. The summed E-state index contributed by atoms with van der Waals surface area (Å²) in [5.74, 6) is -2.34. The molecule has 66 heavy (non-hydrogen) atoms. The first-order valence-electron chi connectivity index (χ1n) is 19.7. The Balaban J connectivity index is 1.63. The van der Waals surface area contributed by atoms with Crippen molar-refractivity contribution in [1.82, 2.24) is 29.9 Å². The molecular formula is C43H40ClF10N7O3S2. The highest BCUT2D eigenvalue weighted by atomic mass is 35.5. The summed E-state index contributed by atoms with van der Waals surface area (Å²) in [5.41, 5.74) is -5.47. The van der Waals surface area contributed by atoms with Crippen molar-refractivity contribution in [3.05, 3.63) is 93.0 Å². The number of halogens is 11. The number of rotatable bonds is 11. The minimum absolute atomic E-state index is 0.0682. The van der Waals surface area contributed by atoms with Gasteiger partial charge in [0.05, 0.1) is 27.7 Å². The molecule has 3 heterocycles. The minimum Gasteiger partial charge on any atom is -0.346 e. The summed E-state index contributed by atoms with van der Waals surface area (Å²) in [6.07, 6.45) is -9.40.